The third-order valence-electron chi connectivity index (χ3n) is 3.30. The summed E-state index contributed by atoms with van der Waals surface area (Å²) in [6, 6.07) is 0.711. The molecule has 98 valence electrons. The van der Waals surface area contributed by atoms with Crippen LogP contribution in [0.25, 0.3) is 0 Å². The van der Waals surface area contributed by atoms with Gasteiger partial charge in [-0.1, -0.05) is 34.1 Å². The molecule has 0 rings (SSSR count). The van der Waals surface area contributed by atoms with E-state index in [9.17, 15) is 0 Å². The molecule has 0 fully saturated rings. The summed E-state index contributed by atoms with van der Waals surface area (Å²) >= 11 is 0. The Morgan fingerprint density at radius 2 is 1.88 bits per heavy atom. The van der Waals surface area contributed by atoms with Crippen LogP contribution in [0.4, 0.5) is 0 Å². The van der Waals surface area contributed by atoms with E-state index in [4.69, 9.17) is 0 Å². The van der Waals surface area contributed by atoms with E-state index in [1.165, 1.54) is 32.4 Å². The van der Waals surface area contributed by atoms with Gasteiger partial charge in [-0.2, -0.15) is 0 Å². The SMILES string of the molecule is CCCCN(CC(C)(C)CNC)C(C)CC. The summed E-state index contributed by atoms with van der Waals surface area (Å²) in [4.78, 5) is 2.65. The van der Waals surface area contributed by atoms with Crippen LogP contribution in [0.1, 0.15) is 53.9 Å². The van der Waals surface area contributed by atoms with E-state index < -0.39 is 0 Å². The highest BCUT2D eigenvalue weighted by Gasteiger charge is 2.23. The topological polar surface area (TPSA) is 15.3 Å². The van der Waals surface area contributed by atoms with Crippen LogP contribution in [-0.4, -0.2) is 37.6 Å². The molecular formula is C14H32N2. The fourth-order valence-corrected chi connectivity index (χ4v) is 2.16. The first-order valence-electron chi connectivity index (χ1n) is 6.85. The molecule has 0 radical (unpaired) electrons. The molecule has 0 bridgehead atoms. The minimum absolute atomic E-state index is 0.367. The first-order valence-corrected chi connectivity index (χ1v) is 6.85. The molecule has 16 heavy (non-hydrogen) atoms. The van der Waals surface area contributed by atoms with Crippen molar-refractivity contribution in [2.45, 2.75) is 59.9 Å². The predicted octanol–water partition coefficient (Wildman–Crippen LogP) is 3.13. The van der Waals surface area contributed by atoms with Crippen LogP contribution in [-0.2, 0) is 0 Å². The molecule has 0 amide bonds. The van der Waals surface area contributed by atoms with Gasteiger partial charge in [0, 0.05) is 19.1 Å². The van der Waals surface area contributed by atoms with E-state index in [0.29, 0.717) is 11.5 Å². The fourth-order valence-electron chi connectivity index (χ4n) is 2.16. The van der Waals surface area contributed by atoms with Crippen molar-refractivity contribution in [1.29, 1.82) is 0 Å². The highest BCUT2D eigenvalue weighted by Crippen LogP contribution is 2.18. The first-order chi connectivity index (χ1) is 7.46. The molecule has 0 aliphatic heterocycles. The molecule has 0 aromatic rings. The lowest BCUT2D eigenvalue weighted by Crippen LogP contribution is -2.44. The van der Waals surface area contributed by atoms with Crippen molar-refractivity contribution in [1.82, 2.24) is 10.2 Å². The molecule has 2 nitrogen and oxygen atoms in total. The molecule has 2 heteroatoms. The maximum Gasteiger partial charge on any atom is 0.00645 e. The number of hydrogen-bond donors (Lipinski definition) is 1. The Hall–Kier alpha value is -0.0800. The van der Waals surface area contributed by atoms with Crippen molar-refractivity contribution >= 4 is 0 Å². The van der Waals surface area contributed by atoms with E-state index >= 15 is 0 Å². The van der Waals surface area contributed by atoms with Crippen molar-refractivity contribution < 1.29 is 0 Å². The lowest BCUT2D eigenvalue weighted by molar-refractivity contribution is 0.131. The number of hydrogen-bond acceptors (Lipinski definition) is 2. The van der Waals surface area contributed by atoms with Crippen molar-refractivity contribution in [2.24, 2.45) is 5.41 Å². The Kier molecular flexibility index (Phi) is 8.04. The highest BCUT2D eigenvalue weighted by atomic mass is 15.2. The molecule has 0 saturated carbocycles. The second-order valence-electron chi connectivity index (χ2n) is 5.78. The van der Waals surface area contributed by atoms with Gasteiger partial charge in [0.05, 0.1) is 0 Å². The summed E-state index contributed by atoms with van der Waals surface area (Å²) in [5, 5.41) is 3.30. The highest BCUT2D eigenvalue weighted by molar-refractivity contribution is 4.78. The molecule has 0 aromatic carbocycles. The molecule has 1 atom stereocenters. The average Bonchev–Trinajstić information content (AvgIpc) is 2.22. The van der Waals surface area contributed by atoms with Gasteiger partial charge in [0.25, 0.3) is 0 Å². The minimum atomic E-state index is 0.367. The Bertz CT molecular complexity index is 166. The summed E-state index contributed by atoms with van der Waals surface area (Å²) in [5.74, 6) is 0. The summed E-state index contributed by atoms with van der Waals surface area (Å²) in [5.41, 5.74) is 0.367. The van der Waals surface area contributed by atoms with Crippen LogP contribution in [0.5, 0.6) is 0 Å². The number of rotatable bonds is 9. The zero-order valence-electron chi connectivity index (χ0n) is 12.3. The summed E-state index contributed by atoms with van der Waals surface area (Å²) < 4.78 is 0. The van der Waals surface area contributed by atoms with Crippen LogP contribution < -0.4 is 5.32 Å². The molecule has 0 heterocycles. The van der Waals surface area contributed by atoms with Crippen LogP contribution >= 0.6 is 0 Å². The summed E-state index contributed by atoms with van der Waals surface area (Å²) in [6.45, 7) is 15.1. The smallest absolute Gasteiger partial charge is 0.00645 e. The van der Waals surface area contributed by atoms with Crippen LogP contribution in [0.2, 0.25) is 0 Å². The van der Waals surface area contributed by atoms with E-state index in [2.05, 4.69) is 44.8 Å². The van der Waals surface area contributed by atoms with Gasteiger partial charge >= 0.3 is 0 Å². The van der Waals surface area contributed by atoms with Crippen molar-refractivity contribution in [3.05, 3.63) is 0 Å². The van der Waals surface area contributed by atoms with Gasteiger partial charge in [-0.3, -0.25) is 0 Å². The largest absolute Gasteiger partial charge is 0.319 e. The quantitative estimate of drug-likeness (QED) is 0.652. The van der Waals surface area contributed by atoms with Crippen molar-refractivity contribution in [3.8, 4) is 0 Å². The lowest BCUT2D eigenvalue weighted by atomic mass is 9.91. The maximum absolute atomic E-state index is 3.30. The van der Waals surface area contributed by atoms with Gasteiger partial charge in [-0.15, -0.1) is 0 Å². The van der Waals surface area contributed by atoms with E-state index in [1.54, 1.807) is 0 Å². The predicted molar refractivity (Wildman–Crippen MR) is 73.9 cm³/mol. The first kappa shape index (κ1) is 15.9. The van der Waals surface area contributed by atoms with Gasteiger partial charge in [0.2, 0.25) is 0 Å². The third kappa shape index (κ3) is 6.49. The van der Waals surface area contributed by atoms with E-state index in [0.717, 1.165) is 6.54 Å². The molecule has 0 aromatic heterocycles. The van der Waals surface area contributed by atoms with E-state index in [-0.39, 0.29) is 0 Å². The monoisotopic (exact) mass is 228 g/mol. The van der Waals surface area contributed by atoms with E-state index in [1.807, 2.05) is 7.05 Å². The van der Waals surface area contributed by atoms with Crippen LogP contribution in [0, 0.1) is 5.41 Å². The van der Waals surface area contributed by atoms with Crippen LogP contribution in [0.3, 0.4) is 0 Å². The molecule has 1 N–H and O–H groups in total. The zero-order valence-corrected chi connectivity index (χ0v) is 12.3. The van der Waals surface area contributed by atoms with Crippen LogP contribution in [0.15, 0.2) is 0 Å². The average molecular weight is 228 g/mol. The number of nitrogens with one attached hydrogen (secondary N) is 1. The summed E-state index contributed by atoms with van der Waals surface area (Å²) in [7, 11) is 2.04. The molecule has 0 aliphatic rings. The number of nitrogens with zero attached hydrogens (tertiary/aromatic N) is 1. The number of unbranched alkanes of at least 4 members (excludes halogenated alkanes) is 1. The normalized spacial score (nSPS) is 14.4. The Morgan fingerprint density at radius 1 is 1.25 bits per heavy atom. The third-order valence-corrected chi connectivity index (χ3v) is 3.30. The molecule has 1 unspecified atom stereocenters. The standard InChI is InChI=1S/C14H32N2/c1-7-9-10-16(13(3)8-2)12-14(4,5)11-15-6/h13,15H,7-12H2,1-6H3. The Morgan fingerprint density at radius 3 is 2.31 bits per heavy atom. The fraction of sp³-hybridized carbons (Fsp3) is 1.00. The van der Waals surface area contributed by atoms with Gasteiger partial charge in [-0.25, -0.2) is 0 Å². The Labute approximate surface area is 103 Å². The lowest BCUT2D eigenvalue weighted by Gasteiger charge is -2.36. The molecule has 0 aliphatic carbocycles. The summed E-state index contributed by atoms with van der Waals surface area (Å²) in [6.07, 6.45) is 3.86. The second kappa shape index (κ2) is 8.08. The second-order valence-corrected chi connectivity index (χ2v) is 5.78. The van der Waals surface area contributed by atoms with Crippen molar-refractivity contribution in [3.63, 3.8) is 0 Å². The van der Waals surface area contributed by atoms with Gasteiger partial charge in [0.15, 0.2) is 0 Å². The minimum Gasteiger partial charge on any atom is -0.319 e. The van der Waals surface area contributed by atoms with Gasteiger partial charge < -0.3 is 10.2 Å². The Balaban J connectivity index is 4.28. The van der Waals surface area contributed by atoms with Gasteiger partial charge in [-0.05, 0) is 38.8 Å². The van der Waals surface area contributed by atoms with Gasteiger partial charge in [0.1, 0.15) is 0 Å². The van der Waals surface area contributed by atoms with Crippen molar-refractivity contribution in [2.75, 3.05) is 26.7 Å². The zero-order chi connectivity index (χ0) is 12.6. The molecular weight excluding hydrogens is 196 g/mol. The molecule has 0 saturated heterocycles. The molecule has 0 spiro atoms. The maximum atomic E-state index is 3.30.